The molecule has 5 aliphatic rings. The standard InChI is InChI=1S/C64H117NO27/c1-5-7-9-11-13-14-15-16-17-18-19-20-22-23-25-27-39(71)38(65-46(74)28-26-24-21-12-10-8-6-2)35-83-62-54(81)52(79)58(44(33-69)86-62)91-64-55(82)60(89-47-29-40(72)36(3)56(88-47)48(75)41(73)30-66)59(45(34-70)87-64)92-61-37(4)57(50(77)43(32-68)84-61)90-63-53(80)51(78)49(76)42(31-67)85-63/h25,27,36-45,47-64,66-73,75-82H,5-24,26,28-35H2,1-4H3,(H,65,74)/b27-25+/t36-,37?,38+,39-,40-,41-,42?,43?,44?,45?,47?,48-,49+,50+,51+,52-,53?,54?,55?,56?,57-,58-,59+,60-,61+,62-,63+,64+/m1/s1. The molecule has 0 spiro atoms. The highest BCUT2D eigenvalue weighted by molar-refractivity contribution is 5.76. The maximum absolute atomic E-state index is 13.4. The molecule has 0 aromatic heterocycles. The summed E-state index contributed by atoms with van der Waals surface area (Å²) < 4.78 is 60.6. The Morgan fingerprint density at radius 2 is 0.967 bits per heavy atom. The smallest absolute Gasteiger partial charge is 0.220 e. The third-order valence-corrected chi connectivity index (χ3v) is 18.6. The SMILES string of the molecule is CCCCCCCCCCCCCCC/C=C/[C@@H](O)[C@H](CO[C@@H]1OC(CO)[C@@H](O[C@@H]2OC(CO)[C@H](O[C@@H]3OC(CO)[C@H](O)[C@H](O[C@@H]4OC(CO)[C@H](O)[C@H](O)C4O)C3C)[C@H](OC3C[C@@H](O)[C@@H](C)C([C@H](O)[C@H](O)CO)O3)C2O)[C@H](O)C1O)NC(=O)CCCCCCCCC. The van der Waals surface area contributed by atoms with Crippen molar-refractivity contribution in [2.24, 2.45) is 11.8 Å². The molecule has 5 aliphatic heterocycles. The summed E-state index contributed by atoms with van der Waals surface area (Å²) in [6.07, 6.45) is -15.7. The van der Waals surface area contributed by atoms with Crippen molar-refractivity contribution in [3.8, 4) is 0 Å². The molecule has 0 bridgehead atoms. The summed E-state index contributed by atoms with van der Waals surface area (Å²) in [7, 11) is 0. The zero-order chi connectivity index (χ0) is 67.4. The third kappa shape index (κ3) is 24.0. The fraction of sp³-hybridized carbons (Fsp3) is 0.953. The number of allylic oxidation sites excluding steroid dienone is 1. The van der Waals surface area contributed by atoms with E-state index in [2.05, 4.69) is 19.2 Å². The minimum absolute atomic E-state index is 0.191. The molecule has 540 valence electrons. The van der Waals surface area contributed by atoms with E-state index in [1.165, 1.54) is 78.1 Å². The number of carbonyl (C=O) groups excluding carboxylic acids is 1. The van der Waals surface area contributed by atoms with Crippen molar-refractivity contribution in [2.45, 2.75) is 335 Å². The van der Waals surface area contributed by atoms with Gasteiger partial charge in [-0.15, -0.1) is 0 Å². The molecule has 92 heavy (non-hydrogen) atoms. The van der Waals surface area contributed by atoms with E-state index in [1.807, 2.05) is 6.08 Å². The summed E-state index contributed by atoms with van der Waals surface area (Å²) in [5, 5.41) is 178. The second kappa shape index (κ2) is 42.9. The van der Waals surface area contributed by atoms with Crippen molar-refractivity contribution in [1.82, 2.24) is 5.32 Å². The number of hydrogen-bond donors (Lipinski definition) is 17. The molecule has 1 amide bonds. The van der Waals surface area contributed by atoms with Crippen molar-refractivity contribution < 1.29 is 134 Å². The van der Waals surface area contributed by atoms with Gasteiger partial charge in [0.15, 0.2) is 31.5 Å². The lowest BCUT2D eigenvalue weighted by atomic mass is 9.87. The van der Waals surface area contributed by atoms with E-state index in [9.17, 15) is 86.5 Å². The maximum Gasteiger partial charge on any atom is 0.220 e. The summed E-state index contributed by atoms with van der Waals surface area (Å²) in [6, 6.07) is -1.05. The molecule has 17 N–H and O–H groups in total. The van der Waals surface area contributed by atoms with Crippen LogP contribution in [0, 0.1) is 11.8 Å². The summed E-state index contributed by atoms with van der Waals surface area (Å²) in [4.78, 5) is 13.4. The van der Waals surface area contributed by atoms with Gasteiger partial charge >= 0.3 is 0 Å². The van der Waals surface area contributed by atoms with Crippen LogP contribution in [-0.4, -0.2) is 287 Å². The zero-order valence-electron chi connectivity index (χ0n) is 54.5. The van der Waals surface area contributed by atoms with Gasteiger partial charge in [0.1, 0.15) is 97.7 Å². The minimum atomic E-state index is -2.10. The Bertz CT molecular complexity index is 1990. The normalized spacial score (nSPS) is 37.7. The van der Waals surface area contributed by atoms with Crippen LogP contribution in [0.25, 0.3) is 0 Å². The van der Waals surface area contributed by atoms with Gasteiger partial charge < -0.3 is 134 Å². The van der Waals surface area contributed by atoms with Gasteiger partial charge in [-0.1, -0.05) is 155 Å². The lowest BCUT2D eigenvalue weighted by Gasteiger charge is -2.51. The lowest BCUT2D eigenvalue weighted by Crippen LogP contribution is -2.67. The van der Waals surface area contributed by atoms with Crippen LogP contribution in [0.1, 0.15) is 175 Å². The molecule has 28 atom stereocenters. The number of unbranched alkanes of at least 4 members (excludes halogenated alkanes) is 19. The van der Waals surface area contributed by atoms with Gasteiger partial charge in [-0.3, -0.25) is 4.79 Å². The first-order valence-electron chi connectivity index (χ1n) is 34.2. The topological polar surface area (TPSA) is 445 Å². The van der Waals surface area contributed by atoms with Gasteiger partial charge in [-0.2, -0.15) is 0 Å². The van der Waals surface area contributed by atoms with Gasteiger partial charge in [-0.05, 0) is 19.3 Å². The first-order chi connectivity index (χ1) is 44.2. The van der Waals surface area contributed by atoms with E-state index in [0.29, 0.717) is 12.8 Å². The zero-order valence-corrected chi connectivity index (χ0v) is 54.5. The molecule has 28 nitrogen and oxygen atoms in total. The third-order valence-electron chi connectivity index (χ3n) is 18.6. The highest BCUT2D eigenvalue weighted by atomic mass is 16.8. The summed E-state index contributed by atoms with van der Waals surface area (Å²) in [6.45, 7) is 2.45. The molecule has 0 radical (unpaired) electrons. The Morgan fingerprint density at radius 3 is 1.54 bits per heavy atom. The van der Waals surface area contributed by atoms with Crippen LogP contribution in [0.15, 0.2) is 12.2 Å². The number of ether oxygens (including phenoxy) is 10. The average Bonchev–Trinajstić information content (AvgIpc) is 0.783. The van der Waals surface area contributed by atoms with E-state index in [4.69, 9.17) is 47.4 Å². The first kappa shape index (κ1) is 80.8. The Morgan fingerprint density at radius 1 is 0.489 bits per heavy atom. The average molecular weight is 1330 g/mol. The van der Waals surface area contributed by atoms with Crippen LogP contribution in [0.2, 0.25) is 0 Å². The second-order valence-corrected chi connectivity index (χ2v) is 25.9. The van der Waals surface area contributed by atoms with Crippen molar-refractivity contribution in [3.05, 3.63) is 12.2 Å². The Balaban J connectivity index is 1.31. The van der Waals surface area contributed by atoms with Crippen LogP contribution in [0.3, 0.4) is 0 Å². The number of amides is 1. The van der Waals surface area contributed by atoms with Crippen molar-refractivity contribution in [3.63, 3.8) is 0 Å². The Kier molecular flexibility index (Phi) is 37.7. The maximum atomic E-state index is 13.4. The van der Waals surface area contributed by atoms with Crippen LogP contribution in [-0.2, 0) is 52.2 Å². The van der Waals surface area contributed by atoms with Gasteiger partial charge in [0.25, 0.3) is 0 Å². The van der Waals surface area contributed by atoms with Crippen LogP contribution in [0.4, 0.5) is 0 Å². The number of nitrogens with one attached hydrogen (secondary N) is 1. The largest absolute Gasteiger partial charge is 0.394 e. The van der Waals surface area contributed by atoms with Gasteiger partial charge in [0.2, 0.25) is 5.91 Å². The molecule has 5 heterocycles. The summed E-state index contributed by atoms with van der Waals surface area (Å²) in [5.41, 5.74) is 0. The fourth-order valence-corrected chi connectivity index (χ4v) is 12.6. The molecule has 0 aliphatic carbocycles. The molecular formula is C64H117NO27. The minimum Gasteiger partial charge on any atom is -0.394 e. The molecule has 28 heteroatoms. The van der Waals surface area contributed by atoms with E-state index < -0.39 is 211 Å². The van der Waals surface area contributed by atoms with Crippen LogP contribution < -0.4 is 5.32 Å². The highest BCUT2D eigenvalue weighted by Gasteiger charge is 2.57. The van der Waals surface area contributed by atoms with Crippen molar-refractivity contribution in [1.29, 1.82) is 0 Å². The molecule has 10 unspecified atom stereocenters. The van der Waals surface area contributed by atoms with E-state index in [-0.39, 0.29) is 18.7 Å². The van der Waals surface area contributed by atoms with E-state index in [0.717, 1.165) is 57.8 Å². The summed E-state index contributed by atoms with van der Waals surface area (Å²) in [5.74, 6) is -2.37. The number of aliphatic hydroxyl groups is 16. The van der Waals surface area contributed by atoms with E-state index in [1.54, 1.807) is 6.08 Å². The highest BCUT2D eigenvalue weighted by Crippen LogP contribution is 2.39. The lowest BCUT2D eigenvalue weighted by molar-refractivity contribution is -0.396. The predicted octanol–water partition coefficient (Wildman–Crippen LogP) is -0.575. The van der Waals surface area contributed by atoms with Gasteiger partial charge in [0, 0.05) is 24.7 Å². The summed E-state index contributed by atoms with van der Waals surface area (Å²) >= 11 is 0. The number of rotatable bonds is 43. The van der Waals surface area contributed by atoms with Gasteiger partial charge in [0.05, 0.1) is 70.1 Å². The molecule has 0 aromatic carbocycles. The van der Waals surface area contributed by atoms with Crippen molar-refractivity contribution in [2.75, 3.05) is 39.6 Å². The first-order valence-corrected chi connectivity index (χ1v) is 34.2. The fourth-order valence-electron chi connectivity index (χ4n) is 12.6. The van der Waals surface area contributed by atoms with E-state index >= 15 is 0 Å². The molecule has 5 saturated heterocycles. The molecule has 0 saturated carbocycles. The number of hydrogen-bond acceptors (Lipinski definition) is 27. The second-order valence-electron chi connectivity index (χ2n) is 25.9. The quantitative estimate of drug-likeness (QED) is 0.0268. The van der Waals surface area contributed by atoms with Crippen LogP contribution in [0.5, 0.6) is 0 Å². The molecular weight excluding hydrogens is 1210 g/mol. The Hall–Kier alpha value is -1.83. The molecule has 0 aromatic rings. The monoisotopic (exact) mass is 1330 g/mol. The Labute approximate surface area is 542 Å². The van der Waals surface area contributed by atoms with Crippen LogP contribution >= 0.6 is 0 Å². The molecule has 5 rings (SSSR count). The number of carbonyl (C=O) groups is 1. The van der Waals surface area contributed by atoms with Gasteiger partial charge in [-0.25, -0.2) is 0 Å². The predicted molar refractivity (Wildman–Crippen MR) is 327 cm³/mol. The molecule has 5 fully saturated rings. The number of aliphatic hydroxyl groups excluding tert-OH is 16. The van der Waals surface area contributed by atoms with Crippen molar-refractivity contribution >= 4 is 5.91 Å².